The summed E-state index contributed by atoms with van der Waals surface area (Å²) in [7, 11) is 0. The van der Waals surface area contributed by atoms with Crippen LogP contribution >= 0.6 is 12.4 Å². The summed E-state index contributed by atoms with van der Waals surface area (Å²) in [6.07, 6.45) is 4.42. The number of rotatable bonds is 6. The van der Waals surface area contributed by atoms with Crippen molar-refractivity contribution in [2.75, 3.05) is 37.6 Å². The van der Waals surface area contributed by atoms with Crippen molar-refractivity contribution in [3.63, 3.8) is 0 Å². The number of benzene rings is 2. The fourth-order valence-corrected chi connectivity index (χ4v) is 4.09. The second kappa shape index (κ2) is 10.5. The van der Waals surface area contributed by atoms with Crippen molar-refractivity contribution in [2.24, 2.45) is 0 Å². The third kappa shape index (κ3) is 5.24. The number of nitrogens with zero attached hydrogens (tertiary/aromatic N) is 3. The van der Waals surface area contributed by atoms with Gasteiger partial charge in [0, 0.05) is 32.7 Å². The molecular weight excluding hydrogens is 430 g/mol. The highest BCUT2D eigenvalue weighted by Gasteiger charge is 2.43. The molecule has 0 radical (unpaired) electrons. The van der Waals surface area contributed by atoms with Gasteiger partial charge < -0.3 is 5.11 Å². The zero-order valence-electron chi connectivity index (χ0n) is 17.6. The Morgan fingerprint density at radius 1 is 0.969 bits per heavy atom. The molecule has 4 rings (SSSR count). The minimum Gasteiger partial charge on any atom is -0.478 e. The van der Waals surface area contributed by atoms with Crippen LogP contribution in [0.4, 0.5) is 5.69 Å². The molecule has 1 unspecified atom stereocenters. The molecule has 2 fully saturated rings. The van der Waals surface area contributed by atoms with Crippen molar-refractivity contribution in [3.8, 4) is 0 Å². The Morgan fingerprint density at radius 2 is 1.62 bits per heavy atom. The number of piperazine rings is 1. The summed E-state index contributed by atoms with van der Waals surface area (Å²) in [4.78, 5) is 42.1. The molecule has 2 heterocycles. The Bertz CT molecular complexity index is 986. The number of amides is 2. The molecule has 2 saturated heterocycles. The molecule has 1 N–H and O–H groups in total. The summed E-state index contributed by atoms with van der Waals surface area (Å²) >= 11 is 0. The molecule has 2 aliphatic rings. The molecule has 0 aliphatic carbocycles. The summed E-state index contributed by atoms with van der Waals surface area (Å²) in [6.45, 7) is 3.99. The maximum Gasteiger partial charge on any atom is 0.335 e. The van der Waals surface area contributed by atoms with E-state index in [0.717, 1.165) is 32.7 Å². The van der Waals surface area contributed by atoms with Gasteiger partial charge >= 0.3 is 5.97 Å². The van der Waals surface area contributed by atoms with Crippen LogP contribution in [0.5, 0.6) is 0 Å². The molecule has 2 aromatic rings. The number of hydrogen-bond donors (Lipinski definition) is 1. The van der Waals surface area contributed by atoms with E-state index in [4.69, 9.17) is 5.11 Å². The van der Waals surface area contributed by atoms with Crippen molar-refractivity contribution in [3.05, 3.63) is 71.8 Å². The second-order valence-electron chi connectivity index (χ2n) is 7.79. The standard InChI is InChI=1S/C24H25N3O4.ClH/c28-22-17-21(23(29)27(22)20-10-8-19(9-11-20)24(30)31)26-15-13-25(14-16-26)12-4-7-18-5-2-1-3-6-18;/h1-11,21H,12-17H2,(H,30,31);1H/b7-4+;. The van der Waals surface area contributed by atoms with E-state index in [-0.39, 0.29) is 36.2 Å². The molecule has 0 spiro atoms. The second-order valence-corrected chi connectivity index (χ2v) is 7.79. The molecule has 0 aromatic heterocycles. The number of carboxylic acids is 1. The maximum atomic E-state index is 13.0. The van der Waals surface area contributed by atoms with Gasteiger partial charge in [0.15, 0.2) is 0 Å². The fourth-order valence-electron chi connectivity index (χ4n) is 4.09. The molecule has 1 atom stereocenters. The average molecular weight is 456 g/mol. The predicted octanol–water partition coefficient (Wildman–Crippen LogP) is 2.77. The van der Waals surface area contributed by atoms with E-state index in [2.05, 4.69) is 34.1 Å². The van der Waals surface area contributed by atoms with E-state index < -0.39 is 12.0 Å². The molecule has 2 aliphatic heterocycles. The van der Waals surface area contributed by atoms with E-state index in [9.17, 15) is 14.4 Å². The molecule has 32 heavy (non-hydrogen) atoms. The van der Waals surface area contributed by atoms with Gasteiger partial charge in [-0.3, -0.25) is 19.4 Å². The summed E-state index contributed by atoms with van der Waals surface area (Å²) in [5.41, 5.74) is 1.72. The largest absolute Gasteiger partial charge is 0.478 e. The van der Waals surface area contributed by atoms with Crippen LogP contribution in [0.2, 0.25) is 0 Å². The van der Waals surface area contributed by atoms with Crippen LogP contribution in [0.1, 0.15) is 22.3 Å². The third-order valence-electron chi connectivity index (χ3n) is 5.82. The molecule has 168 valence electrons. The Balaban J connectivity index is 0.00000289. The number of carbonyl (C=O) groups is 3. The molecular formula is C24H26ClN3O4. The monoisotopic (exact) mass is 455 g/mol. The van der Waals surface area contributed by atoms with Crippen molar-refractivity contribution < 1.29 is 19.5 Å². The summed E-state index contributed by atoms with van der Waals surface area (Å²) in [5.74, 6) is -1.52. The lowest BCUT2D eigenvalue weighted by Gasteiger charge is -2.36. The molecule has 8 heteroatoms. The first-order chi connectivity index (χ1) is 15.0. The number of carboxylic acid groups (broad SMARTS) is 1. The van der Waals surface area contributed by atoms with Gasteiger partial charge in [-0.15, -0.1) is 12.4 Å². The van der Waals surface area contributed by atoms with E-state index in [1.165, 1.54) is 34.7 Å². The van der Waals surface area contributed by atoms with E-state index in [0.29, 0.717) is 5.69 Å². The van der Waals surface area contributed by atoms with E-state index in [1.54, 1.807) is 0 Å². The smallest absolute Gasteiger partial charge is 0.335 e. The first-order valence-electron chi connectivity index (χ1n) is 10.4. The molecule has 0 bridgehead atoms. The summed E-state index contributed by atoms with van der Waals surface area (Å²) < 4.78 is 0. The van der Waals surface area contributed by atoms with Crippen LogP contribution < -0.4 is 4.90 Å². The third-order valence-corrected chi connectivity index (χ3v) is 5.82. The first-order valence-corrected chi connectivity index (χ1v) is 10.4. The maximum absolute atomic E-state index is 13.0. The molecule has 2 amide bonds. The fraction of sp³-hybridized carbons (Fsp3) is 0.292. The Morgan fingerprint density at radius 3 is 2.25 bits per heavy atom. The first kappa shape index (κ1) is 23.7. The van der Waals surface area contributed by atoms with Crippen LogP contribution in [0.15, 0.2) is 60.7 Å². The van der Waals surface area contributed by atoms with Crippen molar-refractivity contribution in [2.45, 2.75) is 12.5 Å². The van der Waals surface area contributed by atoms with E-state index in [1.807, 2.05) is 18.2 Å². The van der Waals surface area contributed by atoms with Crippen LogP contribution in [0, 0.1) is 0 Å². The van der Waals surface area contributed by atoms with Gasteiger partial charge in [-0.1, -0.05) is 42.5 Å². The van der Waals surface area contributed by atoms with Gasteiger partial charge in [0.2, 0.25) is 5.91 Å². The molecule has 0 saturated carbocycles. The minimum absolute atomic E-state index is 0. The zero-order chi connectivity index (χ0) is 21.8. The zero-order valence-corrected chi connectivity index (χ0v) is 18.4. The highest BCUT2D eigenvalue weighted by molar-refractivity contribution is 6.22. The molecule has 2 aromatic carbocycles. The predicted molar refractivity (Wildman–Crippen MR) is 125 cm³/mol. The number of halogens is 1. The highest BCUT2D eigenvalue weighted by atomic mass is 35.5. The van der Waals surface area contributed by atoms with Crippen LogP contribution in [-0.4, -0.2) is 71.5 Å². The Labute approximate surface area is 193 Å². The number of hydrogen-bond acceptors (Lipinski definition) is 5. The van der Waals surface area contributed by atoms with Gasteiger partial charge in [0.1, 0.15) is 0 Å². The number of anilines is 1. The van der Waals surface area contributed by atoms with Crippen molar-refractivity contribution >= 4 is 42.0 Å². The van der Waals surface area contributed by atoms with Gasteiger partial charge in [0.25, 0.3) is 5.91 Å². The van der Waals surface area contributed by atoms with Crippen LogP contribution in [0.25, 0.3) is 6.08 Å². The van der Waals surface area contributed by atoms with Gasteiger partial charge in [-0.05, 0) is 29.8 Å². The minimum atomic E-state index is -1.04. The number of carbonyl (C=O) groups excluding carboxylic acids is 2. The van der Waals surface area contributed by atoms with Crippen molar-refractivity contribution in [1.29, 1.82) is 0 Å². The van der Waals surface area contributed by atoms with Gasteiger partial charge in [-0.2, -0.15) is 0 Å². The number of aromatic carboxylic acids is 1. The molecule has 7 nitrogen and oxygen atoms in total. The van der Waals surface area contributed by atoms with Gasteiger partial charge in [0.05, 0.1) is 23.7 Å². The topological polar surface area (TPSA) is 81.2 Å². The summed E-state index contributed by atoms with van der Waals surface area (Å²) in [6, 6.07) is 15.6. The SMILES string of the molecule is Cl.O=C(O)c1ccc(N2C(=O)CC(N3CCN(C/C=C/c4ccccc4)CC3)C2=O)cc1. The lowest BCUT2D eigenvalue weighted by atomic mass is 10.1. The van der Waals surface area contributed by atoms with Gasteiger partial charge in [-0.25, -0.2) is 9.69 Å². The average Bonchev–Trinajstić information content (AvgIpc) is 3.09. The lowest BCUT2D eigenvalue weighted by Crippen LogP contribution is -2.52. The van der Waals surface area contributed by atoms with E-state index >= 15 is 0 Å². The van der Waals surface area contributed by atoms with Crippen molar-refractivity contribution in [1.82, 2.24) is 9.80 Å². The van der Waals surface area contributed by atoms with Crippen LogP contribution in [-0.2, 0) is 9.59 Å². The number of imide groups is 1. The van der Waals surface area contributed by atoms with Crippen LogP contribution in [0.3, 0.4) is 0 Å². The normalized spacial score (nSPS) is 20.0. The highest BCUT2D eigenvalue weighted by Crippen LogP contribution is 2.26. The Kier molecular flexibility index (Phi) is 7.80. The quantitative estimate of drug-likeness (QED) is 0.674. The summed E-state index contributed by atoms with van der Waals surface area (Å²) in [5, 5.41) is 9.03. The lowest BCUT2D eigenvalue weighted by molar-refractivity contribution is -0.123. The Hall–Kier alpha value is -3.00.